The maximum absolute atomic E-state index is 12.5. The molecule has 0 amide bonds. The summed E-state index contributed by atoms with van der Waals surface area (Å²) in [4.78, 5) is -0.0112. The molecule has 20 heavy (non-hydrogen) atoms. The number of sulfonamides is 1. The van der Waals surface area contributed by atoms with Gasteiger partial charge in [-0.15, -0.1) is 0 Å². The molecule has 114 valence electrons. The Labute approximate surface area is 119 Å². The molecule has 0 saturated carbocycles. The van der Waals surface area contributed by atoms with Gasteiger partial charge < -0.3 is 20.3 Å². The Kier molecular flexibility index (Phi) is 6.21. The summed E-state index contributed by atoms with van der Waals surface area (Å²) in [5.74, 6) is 0.479. The highest BCUT2D eigenvalue weighted by Gasteiger charge is 2.26. The van der Waals surface area contributed by atoms with E-state index in [0.717, 1.165) is 4.31 Å². The van der Waals surface area contributed by atoms with Crippen LogP contribution in [0.1, 0.15) is 0 Å². The molecule has 0 saturated heterocycles. The van der Waals surface area contributed by atoms with Crippen LogP contribution in [0.15, 0.2) is 23.1 Å². The van der Waals surface area contributed by atoms with Gasteiger partial charge in [0.1, 0.15) is 10.6 Å². The minimum absolute atomic E-state index is 0.0112. The summed E-state index contributed by atoms with van der Waals surface area (Å²) < 4.78 is 36.0. The van der Waals surface area contributed by atoms with Crippen molar-refractivity contribution in [3.8, 4) is 5.75 Å². The highest BCUT2D eigenvalue weighted by molar-refractivity contribution is 7.89. The molecule has 7 nitrogen and oxygen atoms in total. The zero-order valence-electron chi connectivity index (χ0n) is 11.6. The number of nitrogen functional groups attached to an aromatic ring is 1. The first-order chi connectivity index (χ1) is 9.47. The van der Waals surface area contributed by atoms with Crippen LogP contribution in [0.4, 0.5) is 5.69 Å². The Morgan fingerprint density at radius 1 is 1.30 bits per heavy atom. The Balaban J connectivity index is 3.11. The summed E-state index contributed by atoms with van der Waals surface area (Å²) in [6, 6.07) is 4.36. The normalized spacial score (nSPS) is 11.8. The molecule has 1 aromatic carbocycles. The number of nitrogens with two attached hydrogens (primary N) is 1. The topological polar surface area (TPSA) is 102 Å². The first-order valence-corrected chi connectivity index (χ1v) is 7.44. The van der Waals surface area contributed by atoms with Crippen LogP contribution in [0, 0.1) is 0 Å². The van der Waals surface area contributed by atoms with E-state index in [2.05, 4.69) is 0 Å². The Morgan fingerprint density at radius 2 is 2.00 bits per heavy atom. The van der Waals surface area contributed by atoms with Gasteiger partial charge in [0, 0.05) is 26.3 Å². The molecule has 0 aliphatic carbocycles. The predicted molar refractivity (Wildman–Crippen MR) is 75.1 cm³/mol. The fourth-order valence-electron chi connectivity index (χ4n) is 1.68. The quantitative estimate of drug-likeness (QED) is 0.651. The van der Waals surface area contributed by atoms with Crippen molar-refractivity contribution >= 4 is 15.7 Å². The summed E-state index contributed by atoms with van der Waals surface area (Å²) in [5, 5.41) is 9.00. The molecule has 0 spiro atoms. The van der Waals surface area contributed by atoms with Crippen molar-refractivity contribution in [2.24, 2.45) is 0 Å². The maximum Gasteiger partial charge on any atom is 0.245 e. The fraction of sp³-hybridized carbons (Fsp3) is 0.500. The van der Waals surface area contributed by atoms with Gasteiger partial charge in [-0.05, 0) is 12.1 Å². The number of hydrogen-bond donors (Lipinski definition) is 2. The van der Waals surface area contributed by atoms with Crippen molar-refractivity contribution in [3.05, 3.63) is 18.2 Å². The smallest absolute Gasteiger partial charge is 0.245 e. The van der Waals surface area contributed by atoms with E-state index in [1.165, 1.54) is 32.4 Å². The van der Waals surface area contributed by atoms with Crippen LogP contribution in [0.5, 0.6) is 5.75 Å². The summed E-state index contributed by atoms with van der Waals surface area (Å²) in [7, 11) is -0.829. The third kappa shape index (κ3) is 3.83. The standard InChI is InChI=1S/C12H20N2O5S/c1-18-8-6-14(5-7-15)20(16,17)12-4-3-10(19-2)9-11(12)13/h3-4,9,15H,5-8,13H2,1-2H3. The zero-order chi connectivity index (χ0) is 15.2. The number of rotatable bonds is 8. The Morgan fingerprint density at radius 3 is 2.50 bits per heavy atom. The molecule has 0 aliphatic rings. The third-order valence-corrected chi connectivity index (χ3v) is 4.70. The number of anilines is 1. The van der Waals surface area contributed by atoms with Crippen molar-refractivity contribution in [2.45, 2.75) is 4.90 Å². The second-order valence-corrected chi connectivity index (χ2v) is 5.93. The number of benzene rings is 1. The second-order valence-electron chi connectivity index (χ2n) is 4.02. The maximum atomic E-state index is 12.5. The van der Waals surface area contributed by atoms with E-state index in [4.69, 9.17) is 20.3 Å². The fourth-order valence-corrected chi connectivity index (χ4v) is 3.20. The predicted octanol–water partition coefficient (Wildman–Crippen LogP) is -0.0932. The van der Waals surface area contributed by atoms with Crippen LogP contribution in [0.25, 0.3) is 0 Å². The molecule has 0 radical (unpaired) electrons. The number of nitrogens with zero attached hydrogens (tertiary/aromatic N) is 1. The lowest BCUT2D eigenvalue weighted by Crippen LogP contribution is -2.36. The van der Waals surface area contributed by atoms with Crippen molar-refractivity contribution in [2.75, 3.05) is 46.3 Å². The first-order valence-electron chi connectivity index (χ1n) is 6.00. The summed E-state index contributed by atoms with van der Waals surface area (Å²) in [6.45, 7) is 0.0797. The average molecular weight is 304 g/mol. The highest BCUT2D eigenvalue weighted by atomic mass is 32.2. The Hall–Kier alpha value is -1.35. The van der Waals surface area contributed by atoms with Gasteiger partial charge in [0.15, 0.2) is 0 Å². The van der Waals surface area contributed by atoms with E-state index >= 15 is 0 Å². The summed E-state index contributed by atoms with van der Waals surface area (Å²) in [5.41, 5.74) is 5.87. The SMILES string of the molecule is COCCN(CCO)S(=O)(=O)c1ccc(OC)cc1N. The lowest BCUT2D eigenvalue weighted by molar-refractivity contribution is 0.168. The molecule has 0 aliphatic heterocycles. The number of hydrogen-bond acceptors (Lipinski definition) is 6. The van der Waals surface area contributed by atoms with Gasteiger partial charge in [0.2, 0.25) is 10.0 Å². The van der Waals surface area contributed by atoms with Crippen LogP contribution >= 0.6 is 0 Å². The van der Waals surface area contributed by atoms with E-state index < -0.39 is 10.0 Å². The average Bonchev–Trinajstić information content (AvgIpc) is 2.42. The minimum atomic E-state index is -3.78. The van der Waals surface area contributed by atoms with E-state index in [1.807, 2.05) is 0 Å². The molecule has 0 unspecified atom stereocenters. The van der Waals surface area contributed by atoms with Crippen molar-refractivity contribution < 1.29 is 23.0 Å². The van der Waals surface area contributed by atoms with Crippen LogP contribution < -0.4 is 10.5 Å². The number of ether oxygens (including phenoxy) is 2. The highest BCUT2D eigenvalue weighted by Crippen LogP contribution is 2.26. The van der Waals surface area contributed by atoms with Crippen LogP contribution in [-0.2, 0) is 14.8 Å². The van der Waals surface area contributed by atoms with Gasteiger partial charge in [-0.1, -0.05) is 0 Å². The monoisotopic (exact) mass is 304 g/mol. The molecule has 0 bridgehead atoms. The van der Waals surface area contributed by atoms with Crippen LogP contribution in [0.3, 0.4) is 0 Å². The van der Waals surface area contributed by atoms with E-state index in [1.54, 1.807) is 0 Å². The van der Waals surface area contributed by atoms with E-state index in [0.29, 0.717) is 5.75 Å². The van der Waals surface area contributed by atoms with E-state index in [9.17, 15) is 8.42 Å². The van der Waals surface area contributed by atoms with Crippen LogP contribution in [-0.4, -0.2) is 58.4 Å². The molecule has 3 N–H and O–H groups in total. The molecule has 1 rings (SSSR count). The first kappa shape index (κ1) is 16.7. The van der Waals surface area contributed by atoms with Gasteiger partial charge in [0.25, 0.3) is 0 Å². The molecule has 0 heterocycles. The largest absolute Gasteiger partial charge is 0.497 e. The zero-order valence-corrected chi connectivity index (χ0v) is 12.4. The number of methoxy groups -OCH3 is 2. The molecule has 1 aromatic rings. The van der Waals surface area contributed by atoms with Gasteiger partial charge in [0.05, 0.1) is 26.0 Å². The molecular formula is C12H20N2O5S. The minimum Gasteiger partial charge on any atom is -0.497 e. The number of aliphatic hydroxyl groups is 1. The van der Waals surface area contributed by atoms with Gasteiger partial charge in [-0.25, -0.2) is 8.42 Å². The summed E-state index contributed by atoms with van der Waals surface area (Å²) >= 11 is 0. The van der Waals surface area contributed by atoms with Crippen molar-refractivity contribution in [1.29, 1.82) is 0 Å². The molecule has 0 atom stereocenters. The molecule has 8 heteroatoms. The van der Waals surface area contributed by atoms with Gasteiger partial charge in [-0.2, -0.15) is 4.31 Å². The molecule has 0 aromatic heterocycles. The van der Waals surface area contributed by atoms with Gasteiger partial charge in [-0.3, -0.25) is 0 Å². The second kappa shape index (κ2) is 7.44. The van der Waals surface area contributed by atoms with Crippen molar-refractivity contribution in [1.82, 2.24) is 4.31 Å². The lowest BCUT2D eigenvalue weighted by atomic mass is 10.3. The van der Waals surface area contributed by atoms with E-state index in [-0.39, 0.29) is 36.9 Å². The molecule has 0 fully saturated rings. The van der Waals surface area contributed by atoms with Gasteiger partial charge >= 0.3 is 0 Å². The Bertz CT molecular complexity index is 533. The summed E-state index contributed by atoms with van der Waals surface area (Å²) in [6.07, 6.45) is 0. The van der Waals surface area contributed by atoms with Crippen LogP contribution in [0.2, 0.25) is 0 Å². The van der Waals surface area contributed by atoms with Crippen molar-refractivity contribution in [3.63, 3.8) is 0 Å². The third-order valence-electron chi connectivity index (χ3n) is 2.73. The molecular weight excluding hydrogens is 284 g/mol. The lowest BCUT2D eigenvalue weighted by Gasteiger charge is -2.21. The number of aliphatic hydroxyl groups excluding tert-OH is 1.